The normalized spacial score (nSPS) is 11.0. The molecule has 0 aliphatic carbocycles. The number of hydrogen-bond donors (Lipinski definition) is 0. The molecule has 0 atom stereocenters. The zero-order valence-corrected chi connectivity index (χ0v) is 12.8. The highest BCUT2D eigenvalue weighted by atomic mass is 16.5. The van der Waals surface area contributed by atoms with Crippen LogP contribution in [0.3, 0.4) is 0 Å². The summed E-state index contributed by atoms with van der Waals surface area (Å²) in [6.45, 7) is 6.25. The molecule has 0 saturated heterocycles. The molecule has 3 aromatic rings. The fourth-order valence-corrected chi connectivity index (χ4v) is 2.75. The second-order valence-electron chi connectivity index (χ2n) is 5.62. The van der Waals surface area contributed by atoms with Crippen molar-refractivity contribution in [2.75, 3.05) is 0 Å². The average molecular weight is 276 g/mol. The van der Waals surface area contributed by atoms with Gasteiger partial charge in [-0.05, 0) is 54.3 Å². The Balaban J connectivity index is 2.19. The standard InChI is InChI=1S/C20H20O/c1-14(2)21-20-13-7-11-17(15(20)3)19-12-6-9-16-8-4-5-10-18(16)19/h4-14H,1-3H3. The van der Waals surface area contributed by atoms with Gasteiger partial charge in [0.25, 0.3) is 0 Å². The Morgan fingerprint density at radius 2 is 1.43 bits per heavy atom. The summed E-state index contributed by atoms with van der Waals surface area (Å²) in [4.78, 5) is 0. The number of fused-ring (bicyclic) bond motifs is 1. The van der Waals surface area contributed by atoms with E-state index in [1.807, 2.05) is 6.07 Å². The number of ether oxygens (including phenoxy) is 1. The monoisotopic (exact) mass is 276 g/mol. The van der Waals surface area contributed by atoms with Crippen molar-refractivity contribution in [3.63, 3.8) is 0 Å². The Hall–Kier alpha value is -2.28. The van der Waals surface area contributed by atoms with Gasteiger partial charge in [-0.3, -0.25) is 0 Å². The minimum atomic E-state index is 0.187. The summed E-state index contributed by atoms with van der Waals surface area (Å²) < 4.78 is 5.92. The van der Waals surface area contributed by atoms with E-state index in [2.05, 4.69) is 75.4 Å². The predicted molar refractivity (Wildman–Crippen MR) is 89.9 cm³/mol. The molecule has 0 spiro atoms. The molecule has 0 amide bonds. The van der Waals surface area contributed by atoms with Crippen molar-refractivity contribution in [3.8, 4) is 16.9 Å². The third-order valence-electron chi connectivity index (χ3n) is 3.73. The van der Waals surface area contributed by atoms with Gasteiger partial charge in [-0.1, -0.05) is 54.6 Å². The minimum absolute atomic E-state index is 0.187. The van der Waals surface area contributed by atoms with Crippen LogP contribution >= 0.6 is 0 Å². The van der Waals surface area contributed by atoms with E-state index in [1.165, 1.54) is 27.5 Å². The Morgan fingerprint density at radius 1 is 0.762 bits per heavy atom. The predicted octanol–water partition coefficient (Wildman–Crippen LogP) is 5.60. The smallest absolute Gasteiger partial charge is 0.123 e. The van der Waals surface area contributed by atoms with E-state index in [1.54, 1.807) is 0 Å². The first-order chi connectivity index (χ1) is 10.2. The van der Waals surface area contributed by atoms with E-state index in [0.717, 1.165) is 5.75 Å². The van der Waals surface area contributed by atoms with Gasteiger partial charge in [0.05, 0.1) is 6.10 Å². The Labute approximate surface area is 126 Å². The van der Waals surface area contributed by atoms with Gasteiger partial charge >= 0.3 is 0 Å². The lowest BCUT2D eigenvalue weighted by atomic mass is 9.95. The number of rotatable bonds is 3. The van der Waals surface area contributed by atoms with Crippen molar-refractivity contribution in [3.05, 3.63) is 66.2 Å². The maximum absolute atomic E-state index is 5.92. The maximum atomic E-state index is 5.92. The molecular weight excluding hydrogens is 256 g/mol. The van der Waals surface area contributed by atoms with Crippen LogP contribution in [-0.2, 0) is 0 Å². The fourth-order valence-electron chi connectivity index (χ4n) is 2.75. The van der Waals surface area contributed by atoms with Crippen molar-refractivity contribution >= 4 is 10.8 Å². The van der Waals surface area contributed by atoms with Crippen molar-refractivity contribution in [2.45, 2.75) is 26.9 Å². The second kappa shape index (κ2) is 5.61. The average Bonchev–Trinajstić information content (AvgIpc) is 2.49. The Morgan fingerprint density at radius 3 is 2.24 bits per heavy atom. The van der Waals surface area contributed by atoms with Crippen molar-refractivity contribution < 1.29 is 4.74 Å². The second-order valence-corrected chi connectivity index (χ2v) is 5.62. The molecule has 0 unspecified atom stereocenters. The molecular formula is C20H20O. The first-order valence-electron chi connectivity index (χ1n) is 7.41. The van der Waals surface area contributed by atoms with Crippen molar-refractivity contribution in [2.24, 2.45) is 0 Å². The molecule has 1 nitrogen and oxygen atoms in total. The van der Waals surface area contributed by atoms with E-state index >= 15 is 0 Å². The Kier molecular flexibility index (Phi) is 3.66. The highest BCUT2D eigenvalue weighted by Crippen LogP contribution is 2.34. The van der Waals surface area contributed by atoms with Gasteiger partial charge in [0.15, 0.2) is 0 Å². The molecule has 0 aliphatic rings. The van der Waals surface area contributed by atoms with E-state index in [-0.39, 0.29) is 6.10 Å². The fraction of sp³-hybridized carbons (Fsp3) is 0.200. The molecule has 21 heavy (non-hydrogen) atoms. The number of hydrogen-bond acceptors (Lipinski definition) is 1. The van der Waals surface area contributed by atoms with Gasteiger partial charge in [0, 0.05) is 0 Å². The van der Waals surface area contributed by atoms with Crippen LogP contribution in [0.1, 0.15) is 19.4 Å². The summed E-state index contributed by atoms with van der Waals surface area (Å²) in [6.07, 6.45) is 0.187. The lowest BCUT2D eigenvalue weighted by Gasteiger charge is -2.16. The molecule has 0 bridgehead atoms. The van der Waals surface area contributed by atoms with Gasteiger partial charge < -0.3 is 4.74 Å². The lowest BCUT2D eigenvalue weighted by molar-refractivity contribution is 0.241. The molecule has 0 N–H and O–H groups in total. The van der Waals surface area contributed by atoms with Crippen LogP contribution in [0, 0.1) is 6.92 Å². The molecule has 3 rings (SSSR count). The molecule has 0 aliphatic heterocycles. The highest BCUT2D eigenvalue weighted by molar-refractivity contribution is 5.97. The van der Waals surface area contributed by atoms with Crippen LogP contribution in [0.5, 0.6) is 5.75 Å². The Bertz CT molecular complexity index is 766. The molecule has 0 fully saturated rings. The molecule has 0 saturated carbocycles. The molecule has 1 heteroatoms. The number of benzene rings is 3. The van der Waals surface area contributed by atoms with Gasteiger partial charge in [0.1, 0.15) is 5.75 Å². The van der Waals surface area contributed by atoms with Gasteiger partial charge in [0.2, 0.25) is 0 Å². The van der Waals surface area contributed by atoms with E-state index < -0.39 is 0 Å². The minimum Gasteiger partial charge on any atom is -0.491 e. The van der Waals surface area contributed by atoms with E-state index in [4.69, 9.17) is 4.74 Å². The van der Waals surface area contributed by atoms with Crippen LogP contribution in [-0.4, -0.2) is 6.10 Å². The van der Waals surface area contributed by atoms with Crippen LogP contribution < -0.4 is 4.74 Å². The third kappa shape index (κ3) is 2.64. The largest absolute Gasteiger partial charge is 0.491 e. The van der Waals surface area contributed by atoms with Gasteiger partial charge in [-0.2, -0.15) is 0 Å². The molecule has 0 radical (unpaired) electrons. The molecule has 106 valence electrons. The van der Waals surface area contributed by atoms with E-state index in [0.29, 0.717) is 0 Å². The van der Waals surface area contributed by atoms with Gasteiger partial charge in [-0.15, -0.1) is 0 Å². The topological polar surface area (TPSA) is 9.23 Å². The van der Waals surface area contributed by atoms with Crippen molar-refractivity contribution in [1.82, 2.24) is 0 Å². The molecule has 0 heterocycles. The van der Waals surface area contributed by atoms with Crippen molar-refractivity contribution in [1.29, 1.82) is 0 Å². The maximum Gasteiger partial charge on any atom is 0.123 e. The third-order valence-corrected chi connectivity index (χ3v) is 3.73. The quantitative estimate of drug-likeness (QED) is 0.604. The highest BCUT2D eigenvalue weighted by Gasteiger charge is 2.10. The zero-order valence-electron chi connectivity index (χ0n) is 12.8. The summed E-state index contributed by atoms with van der Waals surface area (Å²) >= 11 is 0. The van der Waals surface area contributed by atoms with Crippen LogP contribution in [0.15, 0.2) is 60.7 Å². The SMILES string of the molecule is Cc1c(OC(C)C)cccc1-c1cccc2ccccc12. The van der Waals surface area contributed by atoms with Crippen LogP contribution in [0.25, 0.3) is 21.9 Å². The summed E-state index contributed by atoms with van der Waals surface area (Å²) in [5.74, 6) is 0.968. The molecule has 0 aromatic heterocycles. The summed E-state index contributed by atoms with van der Waals surface area (Å²) in [7, 11) is 0. The van der Waals surface area contributed by atoms with E-state index in [9.17, 15) is 0 Å². The lowest BCUT2D eigenvalue weighted by Crippen LogP contribution is -2.06. The summed E-state index contributed by atoms with van der Waals surface area (Å²) in [5, 5.41) is 2.55. The van der Waals surface area contributed by atoms with Crippen LogP contribution in [0.4, 0.5) is 0 Å². The summed E-state index contributed by atoms with van der Waals surface area (Å²) in [6, 6.07) is 21.3. The molecule has 3 aromatic carbocycles. The van der Waals surface area contributed by atoms with Crippen LogP contribution in [0.2, 0.25) is 0 Å². The first-order valence-corrected chi connectivity index (χ1v) is 7.41. The van der Waals surface area contributed by atoms with Gasteiger partial charge in [-0.25, -0.2) is 0 Å². The first kappa shape index (κ1) is 13.7. The zero-order chi connectivity index (χ0) is 14.8. The summed E-state index contributed by atoms with van der Waals surface area (Å²) in [5.41, 5.74) is 3.70.